The van der Waals surface area contributed by atoms with Crippen LogP contribution in [0.25, 0.3) is 0 Å². The molecule has 0 saturated heterocycles. The van der Waals surface area contributed by atoms with Gasteiger partial charge in [-0.1, -0.05) is 12.1 Å². The Kier molecular flexibility index (Phi) is 4.33. The lowest BCUT2D eigenvalue weighted by atomic mass is 10.1. The molecule has 0 aliphatic heterocycles. The number of thiazole rings is 1. The molecule has 96 valence electrons. The average molecular weight is 262 g/mol. The normalized spacial score (nSPS) is 10.6. The zero-order valence-corrected chi connectivity index (χ0v) is 11.6. The molecule has 0 radical (unpaired) electrons. The fraction of sp³-hybridized carbons (Fsp3) is 0.357. The van der Waals surface area contributed by atoms with E-state index >= 15 is 0 Å². The molecule has 1 heterocycles. The Hall–Kier alpha value is -1.39. The molecule has 3 nitrogen and oxygen atoms in total. The van der Waals surface area contributed by atoms with Gasteiger partial charge in [0, 0.05) is 18.2 Å². The van der Waals surface area contributed by atoms with Crippen molar-refractivity contribution in [3.8, 4) is 5.75 Å². The van der Waals surface area contributed by atoms with Crippen molar-refractivity contribution < 1.29 is 4.74 Å². The van der Waals surface area contributed by atoms with Crippen molar-refractivity contribution in [1.29, 1.82) is 0 Å². The summed E-state index contributed by atoms with van der Waals surface area (Å²) < 4.78 is 5.26. The van der Waals surface area contributed by atoms with Crippen LogP contribution in [-0.4, -0.2) is 18.6 Å². The Morgan fingerprint density at radius 1 is 1.39 bits per heavy atom. The van der Waals surface area contributed by atoms with E-state index in [1.165, 1.54) is 5.56 Å². The first kappa shape index (κ1) is 13.1. The smallest absolute Gasteiger partial charge is 0.121 e. The minimum absolute atomic E-state index is 0.658. The summed E-state index contributed by atoms with van der Waals surface area (Å²) >= 11 is 1.70. The number of nitrogens with zero attached hydrogens (tertiary/aromatic N) is 1. The lowest BCUT2D eigenvalue weighted by molar-refractivity contribution is 0.411. The number of rotatable bonds is 5. The number of hydrogen-bond donors (Lipinski definition) is 1. The second-order valence-electron chi connectivity index (χ2n) is 4.25. The zero-order chi connectivity index (χ0) is 13.0. The summed E-state index contributed by atoms with van der Waals surface area (Å²) in [6.07, 6.45) is 1.73. The Morgan fingerprint density at radius 3 is 2.89 bits per heavy atom. The molecule has 1 aromatic carbocycles. The third-order valence-electron chi connectivity index (χ3n) is 2.81. The molecule has 2 N–H and O–H groups in total. The Bertz CT molecular complexity index is 522. The second kappa shape index (κ2) is 5.98. The summed E-state index contributed by atoms with van der Waals surface area (Å²) in [6, 6.07) is 6.26. The van der Waals surface area contributed by atoms with Gasteiger partial charge in [0.2, 0.25) is 0 Å². The van der Waals surface area contributed by atoms with Crippen molar-refractivity contribution in [3.05, 3.63) is 45.4 Å². The number of methoxy groups -OCH3 is 1. The first-order valence-corrected chi connectivity index (χ1v) is 6.87. The van der Waals surface area contributed by atoms with Gasteiger partial charge < -0.3 is 10.5 Å². The summed E-state index contributed by atoms with van der Waals surface area (Å²) in [6.45, 7) is 2.72. The minimum atomic E-state index is 0.658. The molecule has 4 heteroatoms. The van der Waals surface area contributed by atoms with Crippen molar-refractivity contribution in [2.24, 2.45) is 5.73 Å². The largest absolute Gasteiger partial charge is 0.496 e. The predicted octanol–water partition coefficient (Wildman–Crippen LogP) is 2.55. The van der Waals surface area contributed by atoms with Crippen LogP contribution in [0.3, 0.4) is 0 Å². The molecule has 0 aliphatic rings. The van der Waals surface area contributed by atoms with E-state index in [0.717, 1.165) is 34.9 Å². The Labute approximate surface area is 112 Å². The van der Waals surface area contributed by atoms with E-state index < -0.39 is 0 Å². The molecule has 2 aromatic rings. The van der Waals surface area contributed by atoms with Crippen molar-refractivity contribution in [2.45, 2.75) is 19.8 Å². The van der Waals surface area contributed by atoms with E-state index in [0.29, 0.717) is 6.54 Å². The summed E-state index contributed by atoms with van der Waals surface area (Å²) in [5.74, 6) is 0.932. The Balaban J connectivity index is 2.10. The Morgan fingerprint density at radius 2 is 2.22 bits per heavy atom. The standard InChI is InChI=1S/C14H18N2OS/c1-10-7-11(3-4-13(10)17-2)8-14-16-12(5-6-15)9-18-14/h3-4,7,9H,5-6,8,15H2,1-2H3. The molecule has 0 amide bonds. The maximum atomic E-state index is 5.52. The number of nitrogens with two attached hydrogens (primary N) is 1. The summed E-state index contributed by atoms with van der Waals surface area (Å²) in [5.41, 5.74) is 9.05. The first-order valence-electron chi connectivity index (χ1n) is 6.00. The highest BCUT2D eigenvalue weighted by Crippen LogP contribution is 2.21. The molecule has 0 aliphatic carbocycles. The van der Waals surface area contributed by atoms with Crippen molar-refractivity contribution in [2.75, 3.05) is 13.7 Å². The molecular weight excluding hydrogens is 244 g/mol. The average Bonchev–Trinajstić information content (AvgIpc) is 2.77. The third-order valence-corrected chi connectivity index (χ3v) is 3.71. The lowest BCUT2D eigenvalue weighted by Crippen LogP contribution is -2.02. The van der Waals surface area contributed by atoms with Gasteiger partial charge in [-0.05, 0) is 30.7 Å². The van der Waals surface area contributed by atoms with E-state index in [9.17, 15) is 0 Å². The number of hydrogen-bond acceptors (Lipinski definition) is 4. The van der Waals surface area contributed by atoms with Crippen molar-refractivity contribution in [3.63, 3.8) is 0 Å². The SMILES string of the molecule is COc1ccc(Cc2nc(CCN)cs2)cc1C. The van der Waals surface area contributed by atoms with E-state index in [1.54, 1.807) is 18.4 Å². The highest BCUT2D eigenvalue weighted by Gasteiger charge is 2.05. The summed E-state index contributed by atoms with van der Waals surface area (Å²) in [4.78, 5) is 4.57. The lowest BCUT2D eigenvalue weighted by Gasteiger charge is -2.06. The van der Waals surface area contributed by atoms with Crippen LogP contribution in [0.1, 0.15) is 21.8 Å². The highest BCUT2D eigenvalue weighted by molar-refractivity contribution is 7.09. The molecule has 0 bridgehead atoms. The molecule has 0 fully saturated rings. The van der Waals surface area contributed by atoms with Crippen LogP contribution in [0, 0.1) is 6.92 Å². The van der Waals surface area contributed by atoms with Gasteiger partial charge in [-0.25, -0.2) is 4.98 Å². The summed E-state index contributed by atoms with van der Waals surface area (Å²) in [7, 11) is 1.70. The van der Waals surface area contributed by atoms with Gasteiger partial charge in [0.25, 0.3) is 0 Å². The molecule has 0 saturated carbocycles. The van der Waals surface area contributed by atoms with Gasteiger partial charge in [-0.2, -0.15) is 0 Å². The molecule has 0 spiro atoms. The zero-order valence-electron chi connectivity index (χ0n) is 10.8. The third kappa shape index (κ3) is 3.09. The fourth-order valence-corrected chi connectivity index (χ4v) is 2.78. The fourth-order valence-electron chi connectivity index (χ4n) is 1.92. The quantitative estimate of drug-likeness (QED) is 0.901. The van der Waals surface area contributed by atoms with Crippen LogP contribution in [0.4, 0.5) is 0 Å². The molecule has 18 heavy (non-hydrogen) atoms. The van der Waals surface area contributed by atoms with E-state index in [-0.39, 0.29) is 0 Å². The van der Waals surface area contributed by atoms with E-state index in [1.807, 2.05) is 6.07 Å². The van der Waals surface area contributed by atoms with Crippen LogP contribution >= 0.6 is 11.3 Å². The van der Waals surface area contributed by atoms with E-state index in [4.69, 9.17) is 10.5 Å². The number of ether oxygens (including phenoxy) is 1. The van der Waals surface area contributed by atoms with Gasteiger partial charge >= 0.3 is 0 Å². The molecule has 2 rings (SSSR count). The predicted molar refractivity (Wildman–Crippen MR) is 75.4 cm³/mol. The minimum Gasteiger partial charge on any atom is -0.496 e. The van der Waals surface area contributed by atoms with Gasteiger partial charge in [-0.3, -0.25) is 0 Å². The van der Waals surface area contributed by atoms with Crippen LogP contribution in [-0.2, 0) is 12.8 Å². The van der Waals surface area contributed by atoms with Crippen LogP contribution in [0.15, 0.2) is 23.6 Å². The number of aromatic nitrogens is 1. The first-order chi connectivity index (χ1) is 8.72. The van der Waals surface area contributed by atoms with Crippen LogP contribution in [0.2, 0.25) is 0 Å². The maximum Gasteiger partial charge on any atom is 0.121 e. The molecule has 1 aromatic heterocycles. The topological polar surface area (TPSA) is 48.1 Å². The maximum absolute atomic E-state index is 5.52. The molecule has 0 atom stereocenters. The monoisotopic (exact) mass is 262 g/mol. The highest BCUT2D eigenvalue weighted by atomic mass is 32.1. The molecule has 0 unspecified atom stereocenters. The number of aryl methyl sites for hydroxylation is 1. The van der Waals surface area contributed by atoms with Crippen LogP contribution < -0.4 is 10.5 Å². The van der Waals surface area contributed by atoms with Gasteiger partial charge in [0.1, 0.15) is 5.75 Å². The second-order valence-corrected chi connectivity index (χ2v) is 5.19. The van der Waals surface area contributed by atoms with Crippen molar-refractivity contribution in [1.82, 2.24) is 4.98 Å². The van der Waals surface area contributed by atoms with Gasteiger partial charge in [-0.15, -0.1) is 11.3 Å². The number of benzene rings is 1. The van der Waals surface area contributed by atoms with Gasteiger partial charge in [0.05, 0.1) is 17.8 Å². The van der Waals surface area contributed by atoms with Crippen molar-refractivity contribution >= 4 is 11.3 Å². The summed E-state index contributed by atoms with van der Waals surface area (Å²) in [5, 5.41) is 3.24. The van der Waals surface area contributed by atoms with Gasteiger partial charge in [0.15, 0.2) is 0 Å². The van der Waals surface area contributed by atoms with E-state index in [2.05, 4.69) is 29.4 Å². The van der Waals surface area contributed by atoms with Crippen LogP contribution in [0.5, 0.6) is 5.75 Å². The molecular formula is C14H18N2OS.